The van der Waals surface area contributed by atoms with E-state index in [-0.39, 0.29) is 18.2 Å². The molecule has 1 saturated heterocycles. The Morgan fingerprint density at radius 1 is 1.07 bits per heavy atom. The fourth-order valence-corrected chi connectivity index (χ4v) is 4.16. The Morgan fingerprint density at radius 2 is 1.72 bits per heavy atom. The van der Waals surface area contributed by atoms with Gasteiger partial charge in [-0.15, -0.1) is 0 Å². The van der Waals surface area contributed by atoms with Crippen LogP contribution in [0.15, 0.2) is 53.1 Å². The van der Waals surface area contributed by atoms with Gasteiger partial charge < -0.3 is 14.2 Å². The highest BCUT2D eigenvalue weighted by Gasteiger charge is 2.50. The number of piperidine rings is 1. The summed E-state index contributed by atoms with van der Waals surface area (Å²) in [5.41, 5.74) is 2.33. The van der Waals surface area contributed by atoms with E-state index >= 15 is 0 Å². The summed E-state index contributed by atoms with van der Waals surface area (Å²) < 4.78 is 15.0. The van der Waals surface area contributed by atoms with Crippen LogP contribution in [0.4, 0.5) is 0 Å². The molecule has 0 saturated carbocycles. The van der Waals surface area contributed by atoms with E-state index in [4.69, 9.17) is 14.2 Å². The first-order valence-corrected chi connectivity index (χ1v) is 9.59. The smallest absolute Gasteiger partial charge is 0.336 e. The fourth-order valence-electron chi connectivity index (χ4n) is 4.16. The monoisotopic (exact) mass is 399 g/mol. The molecule has 7 heteroatoms. The van der Waals surface area contributed by atoms with Crippen LogP contribution in [0.5, 0.6) is 0 Å². The summed E-state index contributed by atoms with van der Waals surface area (Å²) >= 11 is 0. The number of methoxy groups -OCH3 is 2. The predicted molar refractivity (Wildman–Crippen MR) is 105 cm³/mol. The number of benzene rings is 1. The van der Waals surface area contributed by atoms with Crippen LogP contribution in [0, 0.1) is 0 Å². The average Bonchev–Trinajstić information content (AvgIpc) is 2.94. The van der Waals surface area contributed by atoms with E-state index in [0.29, 0.717) is 25.0 Å². The number of carbonyl (C=O) groups excluding carboxylic acids is 3. The molecule has 29 heavy (non-hydrogen) atoms. The number of carbonyl (C=O) groups is 3. The summed E-state index contributed by atoms with van der Waals surface area (Å²) in [7, 11) is 2.58. The molecule has 1 aromatic carbocycles. The van der Waals surface area contributed by atoms with E-state index in [1.165, 1.54) is 20.3 Å². The van der Waals surface area contributed by atoms with Crippen molar-refractivity contribution in [1.82, 2.24) is 4.90 Å². The Morgan fingerprint density at radius 3 is 2.34 bits per heavy atom. The molecular formula is C22H25NO6. The van der Waals surface area contributed by atoms with Gasteiger partial charge in [-0.2, -0.15) is 0 Å². The SMILES string of the molecule is CCOC(=O)/C=C1/CC[C@H]2C(C(=O)OC)=C(C(=O)OC)[C@@H]1N2Cc1ccccc1. The molecule has 0 spiro atoms. The molecular weight excluding hydrogens is 374 g/mol. The van der Waals surface area contributed by atoms with Gasteiger partial charge in [0.2, 0.25) is 0 Å². The lowest BCUT2D eigenvalue weighted by atomic mass is 9.92. The number of fused-ring (bicyclic) bond motifs is 2. The molecule has 2 atom stereocenters. The molecule has 7 nitrogen and oxygen atoms in total. The van der Waals surface area contributed by atoms with Crippen molar-refractivity contribution >= 4 is 17.9 Å². The molecule has 0 aromatic heterocycles. The van der Waals surface area contributed by atoms with E-state index in [0.717, 1.165) is 11.1 Å². The second-order valence-electron chi connectivity index (χ2n) is 6.90. The Labute approximate surface area is 169 Å². The topological polar surface area (TPSA) is 82.1 Å². The highest BCUT2D eigenvalue weighted by molar-refractivity contribution is 6.04. The first-order chi connectivity index (χ1) is 14.0. The molecule has 0 radical (unpaired) electrons. The normalized spacial score (nSPS) is 22.5. The third-order valence-electron chi connectivity index (χ3n) is 5.29. The van der Waals surface area contributed by atoms with E-state index in [1.54, 1.807) is 6.92 Å². The second kappa shape index (κ2) is 9.05. The molecule has 3 rings (SSSR count). The molecule has 0 amide bonds. The van der Waals surface area contributed by atoms with E-state index < -0.39 is 23.9 Å². The summed E-state index contributed by atoms with van der Waals surface area (Å²) in [6.45, 7) is 2.51. The van der Waals surface area contributed by atoms with Gasteiger partial charge in [-0.1, -0.05) is 30.3 Å². The Kier molecular flexibility index (Phi) is 6.49. The summed E-state index contributed by atoms with van der Waals surface area (Å²) in [4.78, 5) is 39.5. The van der Waals surface area contributed by atoms with E-state index in [2.05, 4.69) is 4.90 Å². The highest BCUT2D eigenvalue weighted by Crippen LogP contribution is 2.44. The number of rotatable bonds is 6. The number of esters is 3. The minimum atomic E-state index is -0.590. The first kappa shape index (κ1) is 20.8. The molecule has 2 aliphatic heterocycles. The van der Waals surface area contributed by atoms with Crippen LogP contribution in [-0.2, 0) is 35.1 Å². The zero-order chi connectivity index (χ0) is 21.0. The van der Waals surface area contributed by atoms with Crippen LogP contribution in [0.3, 0.4) is 0 Å². The van der Waals surface area contributed by atoms with Crippen molar-refractivity contribution in [1.29, 1.82) is 0 Å². The van der Waals surface area contributed by atoms with E-state index in [9.17, 15) is 14.4 Å². The van der Waals surface area contributed by atoms with Crippen LogP contribution < -0.4 is 0 Å². The highest BCUT2D eigenvalue weighted by atomic mass is 16.5. The fraction of sp³-hybridized carbons (Fsp3) is 0.409. The molecule has 2 aliphatic rings. The predicted octanol–water partition coefficient (Wildman–Crippen LogP) is 2.17. The van der Waals surface area contributed by atoms with E-state index in [1.807, 2.05) is 30.3 Å². The summed E-state index contributed by atoms with van der Waals surface area (Å²) in [6, 6.07) is 8.94. The molecule has 1 aromatic rings. The van der Waals surface area contributed by atoms with Crippen molar-refractivity contribution in [2.45, 2.75) is 38.4 Å². The maximum absolute atomic E-state index is 12.7. The minimum absolute atomic E-state index is 0.244. The van der Waals surface area contributed by atoms with Gasteiger partial charge in [0.25, 0.3) is 0 Å². The Balaban J connectivity index is 2.09. The molecule has 0 unspecified atom stereocenters. The maximum Gasteiger partial charge on any atom is 0.336 e. The lowest BCUT2D eigenvalue weighted by Gasteiger charge is -2.37. The number of hydrogen-bond donors (Lipinski definition) is 0. The third kappa shape index (κ3) is 4.10. The van der Waals surface area contributed by atoms with Gasteiger partial charge in [0.05, 0.1) is 38.0 Å². The summed E-state index contributed by atoms with van der Waals surface area (Å²) in [5.74, 6) is -1.60. The zero-order valence-corrected chi connectivity index (χ0v) is 16.8. The quantitative estimate of drug-likeness (QED) is 0.412. The molecule has 154 valence electrons. The Bertz CT molecular complexity index is 857. The molecule has 0 aliphatic carbocycles. The summed E-state index contributed by atoms with van der Waals surface area (Å²) in [5, 5.41) is 0. The standard InChI is InChI=1S/C22H25NO6/c1-4-29-17(24)12-15-10-11-16-18(21(25)27-2)19(22(26)28-3)20(15)23(16)13-14-8-6-5-7-9-14/h5-9,12,16,20H,4,10-11,13H2,1-3H3/b15-12-/t16-,20+/m0/s1. The molecule has 1 fully saturated rings. The zero-order valence-electron chi connectivity index (χ0n) is 16.8. The third-order valence-corrected chi connectivity index (χ3v) is 5.29. The van der Waals surface area contributed by atoms with Crippen molar-refractivity contribution in [3.63, 3.8) is 0 Å². The van der Waals surface area contributed by atoms with Gasteiger partial charge in [-0.25, -0.2) is 14.4 Å². The van der Waals surface area contributed by atoms with Crippen molar-refractivity contribution in [3.8, 4) is 0 Å². The number of nitrogens with zero attached hydrogens (tertiary/aromatic N) is 1. The first-order valence-electron chi connectivity index (χ1n) is 9.59. The van der Waals surface area contributed by atoms with Crippen LogP contribution in [0.2, 0.25) is 0 Å². The van der Waals surface area contributed by atoms with Crippen molar-refractivity contribution < 1.29 is 28.6 Å². The van der Waals surface area contributed by atoms with Crippen molar-refractivity contribution in [3.05, 3.63) is 58.7 Å². The van der Waals surface area contributed by atoms with Gasteiger partial charge in [-0.05, 0) is 30.9 Å². The van der Waals surface area contributed by atoms with Gasteiger partial charge in [0.1, 0.15) is 0 Å². The largest absolute Gasteiger partial charge is 0.466 e. The second-order valence-corrected chi connectivity index (χ2v) is 6.90. The van der Waals surface area contributed by atoms with Crippen molar-refractivity contribution in [2.24, 2.45) is 0 Å². The van der Waals surface area contributed by atoms with Gasteiger partial charge in [0, 0.05) is 18.7 Å². The lowest BCUT2D eigenvalue weighted by Crippen LogP contribution is -2.44. The lowest BCUT2D eigenvalue weighted by molar-refractivity contribution is -0.139. The van der Waals surface area contributed by atoms with Gasteiger partial charge in [-0.3, -0.25) is 4.90 Å². The van der Waals surface area contributed by atoms with Crippen molar-refractivity contribution in [2.75, 3.05) is 20.8 Å². The van der Waals surface area contributed by atoms with Crippen LogP contribution in [0.25, 0.3) is 0 Å². The van der Waals surface area contributed by atoms with Crippen LogP contribution in [0.1, 0.15) is 25.3 Å². The summed E-state index contributed by atoms with van der Waals surface area (Å²) in [6.07, 6.45) is 2.59. The van der Waals surface area contributed by atoms with Gasteiger partial charge in [0.15, 0.2) is 0 Å². The maximum atomic E-state index is 12.7. The van der Waals surface area contributed by atoms with Crippen LogP contribution in [-0.4, -0.2) is 55.7 Å². The minimum Gasteiger partial charge on any atom is -0.466 e. The number of hydrogen-bond acceptors (Lipinski definition) is 7. The van der Waals surface area contributed by atoms with Gasteiger partial charge >= 0.3 is 17.9 Å². The average molecular weight is 399 g/mol. The molecule has 2 bridgehead atoms. The number of ether oxygens (including phenoxy) is 3. The molecule has 2 heterocycles. The molecule has 0 N–H and O–H groups in total. The Hall–Kier alpha value is -2.93. The van der Waals surface area contributed by atoms with Crippen LogP contribution >= 0.6 is 0 Å².